The third kappa shape index (κ3) is 2.14. The van der Waals surface area contributed by atoms with Crippen LogP contribution in [0.3, 0.4) is 0 Å². The molecular weight excluding hydrogens is 312 g/mol. The highest BCUT2D eigenvalue weighted by Gasteiger charge is 2.62. The zero-order valence-corrected chi connectivity index (χ0v) is 15.8. The lowest BCUT2D eigenvalue weighted by atomic mass is 9.45. The van der Waals surface area contributed by atoms with E-state index in [9.17, 15) is 14.7 Å². The van der Waals surface area contributed by atoms with Gasteiger partial charge in [0.25, 0.3) is 0 Å². The number of fused-ring (bicyclic) bond motifs is 5. The van der Waals surface area contributed by atoms with Gasteiger partial charge >= 0.3 is 0 Å². The normalized spacial score (nSPS) is 51.4. The van der Waals surface area contributed by atoms with Crippen LogP contribution >= 0.6 is 0 Å². The van der Waals surface area contributed by atoms with Crippen LogP contribution in [0.2, 0.25) is 0 Å². The van der Waals surface area contributed by atoms with Crippen molar-refractivity contribution in [2.75, 3.05) is 0 Å². The van der Waals surface area contributed by atoms with Crippen molar-refractivity contribution in [3.63, 3.8) is 0 Å². The second kappa shape index (κ2) is 5.39. The van der Waals surface area contributed by atoms with Gasteiger partial charge in [0.2, 0.25) is 0 Å². The van der Waals surface area contributed by atoms with Gasteiger partial charge in [0.1, 0.15) is 5.78 Å². The molecule has 0 unspecified atom stereocenters. The molecule has 4 rings (SSSR count). The van der Waals surface area contributed by atoms with E-state index in [1.807, 2.05) is 0 Å². The molecule has 4 aliphatic rings. The number of allylic oxidation sites excluding steroid dienone is 3. The quantitative estimate of drug-likeness (QED) is 0.790. The highest BCUT2D eigenvalue weighted by Crippen LogP contribution is 2.66. The number of aliphatic hydroxyl groups is 1. The Labute approximate surface area is 150 Å². The molecule has 0 amide bonds. The topological polar surface area (TPSA) is 54.4 Å². The Morgan fingerprint density at radius 2 is 1.92 bits per heavy atom. The van der Waals surface area contributed by atoms with Gasteiger partial charge in [-0.3, -0.25) is 9.59 Å². The van der Waals surface area contributed by atoms with E-state index >= 15 is 0 Å². The second-order valence-corrected chi connectivity index (χ2v) is 9.47. The lowest BCUT2D eigenvalue weighted by Gasteiger charge is -2.60. The molecule has 0 radical (unpaired) electrons. The number of rotatable bonds is 1. The fourth-order valence-electron chi connectivity index (χ4n) is 7.22. The van der Waals surface area contributed by atoms with Crippen LogP contribution in [0.4, 0.5) is 0 Å². The van der Waals surface area contributed by atoms with Crippen molar-refractivity contribution in [3.05, 3.63) is 23.8 Å². The Morgan fingerprint density at radius 1 is 1.20 bits per heavy atom. The smallest absolute Gasteiger partial charge is 0.178 e. The van der Waals surface area contributed by atoms with Crippen LogP contribution in [0.25, 0.3) is 0 Å². The minimum Gasteiger partial charge on any atom is -0.392 e. The monoisotopic (exact) mass is 342 g/mol. The summed E-state index contributed by atoms with van der Waals surface area (Å²) in [5.74, 6) is 1.49. The maximum Gasteiger partial charge on any atom is 0.178 e. The van der Waals surface area contributed by atoms with Crippen LogP contribution < -0.4 is 0 Å². The third-order valence-corrected chi connectivity index (χ3v) is 8.50. The van der Waals surface area contributed by atoms with Crippen LogP contribution in [0.5, 0.6) is 0 Å². The summed E-state index contributed by atoms with van der Waals surface area (Å²) in [6.45, 7) is 8.35. The van der Waals surface area contributed by atoms with Gasteiger partial charge in [-0.2, -0.15) is 0 Å². The molecule has 3 fully saturated rings. The maximum absolute atomic E-state index is 12.2. The van der Waals surface area contributed by atoms with Gasteiger partial charge in [-0.05, 0) is 67.9 Å². The van der Waals surface area contributed by atoms with E-state index in [0.717, 1.165) is 31.3 Å². The van der Waals surface area contributed by atoms with Crippen molar-refractivity contribution in [1.82, 2.24) is 0 Å². The van der Waals surface area contributed by atoms with Gasteiger partial charge in [0.05, 0.1) is 6.10 Å². The number of ketones is 2. The molecule has 25 heavy (non-hydrogen) atoms. The van der Waals surface area contributed by atoms with E-state index in [1.54, 1.807) is 19.1 Å². The Bertz CT molecular complexity index is 689. The minimum absolute atomic E-state index is 0.00104. The van der Waals surface area contributed by atoms with Gasteiger partial charge in [-0.25, -0.2) is 0 Å². The van der Waals surface area contributed by atoms with E-state index in [-0.39, 0.29) is 34.4 Å². The molecule has 8 atom stereocenters. The molecule has 3 heteroatoms. The fraction of sp³-hybridized carbons (Fsp3) is 0.727. The van der Waals surface area contributed by atoms with Crippen LogP contribution in [0.15, 0.2) is 23.8 Å². The Kier molecular flexibility index (Phi) is 3.71. The highest BCUT2D eigenvalue weighted by molar-refractivity contribution is 6.01. The molecule has 3 saturated carbocycles. The molecule has 0 bridgehead atoms. The summed E-state index contributed by atoms with van der Waals surface area (Å²) in [6.07, 6.45) is 9.25. The Morgan fingerprint density at radius 3 is 2.60 bits per heavy atom. The first kappa shape index (κ1) is 17.2. The number of hydrogen-bond donors (Lipinski definition) is 1. The fourth-order valence-corrected chi connectivity index (χ4v) is 7.22. The average Bonchev–Trinajstić information content (AvgIpc) is 2.91. The van der Waals surface area contributed by atoms with Crippen LogP contribution in [0.1, 0.15) is 53.4 Å². The van der Waals surface area contributed by atoms with Crippen molar-refractivity contribution in [2.45, 2.75) is 59.5 Å². The predicted octanol–water partition coefficient (Wildman–Crippen LogP) is 3.72. The first-order valence-electron chi connectivity index (χ1n) is 9.84. The maximum atomic E-state index is 12.2. The molecule has 0 aliphatic heterocycles. The van der Waals surface area contributed by atoms with Gasteiger partial charge in [-0.1, -0.05) is 32.4 Å². The van der Waals surface area contributed by atoms with E-state index < -0.39 is 6.10 Å². The second-order valence-electron chi connectivity index (χ2n) is 9.47. The largest absolute Gasteiger partial charge is 0.392 e. The first-order chi connectivity index (χ1) is 11.7. The molecule has 0 aromatic carbocycles. The molecule has 4 aliphatic carbocycles. The summed E-state index contributed by atoms with van der Waals surface area (Å²) in [6, 6.07) is 0. The SMILES string of the molecule is CC(=O)[C@H]1CC[C@H]2[C@@H]3[C@H](O)[C@H](C)C4=CC(=O)C=C[C@]4(C)[C@H]3CC[C@]12C. The number of aliphatic hydroxyl groups excluding tert-OH is 1. The standard InChI is InChI=1S/C22H30O3/c1-12-18-11-14(24)7-9-22(18,4)17-8-10-21(3)15(13(2)23)5-6-16(21)19(17)20(12)25/h7,9,11-12,15-17,19-20,25H,5-6,8,10H2,1-4H3/t12-,15-,16+,17+,19+,20-,21-,22-/m1/s1. The van der Waals surface area contributed by atoms with E-state index in [0.29, 0.717) is 17.6 Å². The lowest BCUT2D eigenvalue weighted by molar-refractivity contribution is -0.135. The van der Waals surface area contributed by atoms with Crippen molar-refractivity contribution >= 4 is 11.6 Å². The average molecular weight is 342 g/mol. The lowest BCUT2D eigenvalue weighted by Crippen LogP contribution is -2.57. The van der Waals surface area contributed by atoms with Gasteiger partial charge in [-0.15, -0.1) is 0 Å². The number of carbonyl (C=O) groups is 2. The van der Waals surface area contributed by atoms with E-state index in [1.165, 1.54) is 0 Å². The zero-order valence-electron chi connectivity index (χ0n) is 15.8. The molecule has 136 valence electrons. The summed E-state index contributed by atoms with van der Waals surface area (Å²) in [5.41, 5.74) is 1.00. The van der Waals surface area contributed by atoms with Crippen LogP contribution in [-0.4, -0.2) is 22.8 Å². The molecule has 0 heterocycles. The van der Waals surface area contributed by atoms with Gasteiger partial charge in [0, 0.05) is 17.3 Å². The van der Waals surface area contributed by atoms with Crippen LogP contribution in [-0.2, 0) is 9.59 Å². The summed E-state index contributed by atoms with van der Waals surface area (Å²) in [4.78, 5) is 24.2. The van der Waals surface area contributed by atoms with Crippen molar-refractivity contribution in [2.24, 2.45) is 40.4 Å². The Balaban J connectivity index is 1.77. The molecule has 0 aromatic rings. The zero-order chi connectivity index (χ0) is 18.1. The molecular formula is C22H30O3. The van der Waals surface area contributed by atoms with Gasteiger partial charge in [0.15, 0.2) is 5.78 Å². The first-order valence-corrected chi connectivity index (χ1v) is 9.84. The van der Waals surface area contributed by atoms with Crippen molar-refractivity contribution < 1.29 is 14.7 Å². The summed E-state index contributed by atoms with van der Waals surface area (Å²) >= 11 is 0. The minimum atomic E-state index is -0.418. The number of hydrogen-bond acceptors (Lipinski definition) is 3. The molecule has 1 N–H and O–H groups in total. The molecule has 0 aromatic heterocycles. The van der Waals surface area contributed by atoms with Crippen molar-refractivity contribution in [1.29, 1.82) is 0 Å². The van der Waals surface area contributed by atoms with Gasteiger partial charge < -0.3 is 5.11 Å². The van der Waals surface area contributed by atoms with E-state index in [2.05, 4.69) is 26.8 Å². The highest BCUT2D eigenvalue weighted by atomic mass is 16.3. The van der Waals surface area contributed by atoms with E-state index in [4.69, 9.17) is 0 Å². The summed E-state index contributed by atoms with van der Waals surface area (Å²) in [7, 11) is 0. The molecule has 3 nitrogen and oxygen atoms in total. The molecule has 0 saturated heterocycles. The predicted molar refractivity (Wildman–Crippen MR) is 96.7 cm³/mol. The number of Topliss-reactive ketones (excluding diaryl/α,β-unsaturated/α-hetero) is 1. The van der Waals surface area contributed by atoms with Crippen LogP contribution in [0, 0.1) is 40.4 Å². The number of carbonyl (C=O) groups excluding carboxylic acids is 2. The molecule has 0 spiro atoms. The third-order valence-electron chi connectivity index (χ3n) is 8.50. The van der Waals surface area contributed by atoms with Crippen molar-refractivity contribution in [3.8, 4) is 0 Å². The summed E-state index contributed by atoms with van der Waals surface area (Å²) in [5, 5.41) is 11.2. The summed E-state index contributed by atoms with van der Waals surface area (Å²) < 4.78 is 0. The Hall–Kier alpha value is -1.22.